The van der Waals surface area contributed by atoms with Crippen molar-refractivity contribution in [3.8, 4) is 0 Å². The van der Waals surface area contributed by atoms with Crippen LogP contribution in [-0.4, -0.2) is 6.09 Å². The number of rotatable bonds is 3. The van der Waals surface area contributed by atoms with Crippen molar-refractivity contribution in [3.63, 3.8) is 0 Å². The van der Waals surface area contributed by atoms with E-state index in [-0.39, 0.29) is 16.7 Å². The van der Waals surface area contributed by atoms with E-state index in [9.17, 15) is 14.3 Å². The van der Waals surface area contributed by atoms with Gasteiger partial charge in [0.15, 0.2) is 0 Å². The molecule has 2 rings (SSSR count). The van der Waals surface area contributed by atoms with E-state index >= 15 is 0 Å². The molecular formula is C14H10BrFNO2-. The Balaban J connectivity index is 2.30. The minimum absolute atomic E-state index is 0.115. The smallest absolute Gasteiger partial charge is 0.141 e. The third kappa shape index (κ3) is 3.32. The summed E-state index contributed by atoms with van der Waals surface area (Å²) >= 11 is 3.03. The fraction of sp³-hybridized carbons (Fsp3) is 0.0714. The predicted molar refractivity (Wildman–Crippen MR) is 72.1 cm³/mol. The highest BCUT2D eigenvalue weighted by atomic mass is 79.9. The number of amides is 1. The summed E-state index contributed by atoms with van der Waals surface area (Å²) in [6.07, 6.45) is -1.37. The van der Waals surface area contributed by atoms with Crippen LogP contribution >= 0.6 is 15.9 Å². The minimum Gasteiger partial charge on any atom is -0.530 e. The van der Waals surface area contributed by atoms with Crippen molar-refractivity contribution in [1.29, 1.82) is 0 Å². The quantitative estimate of drug-likeness (QED) is 0.872. The van der Waals surface area contributed by atoms with Gasteiger partial charge in [0, 0.05) is 12.2 Å². The highest BCUT2D eigenvalue weighted by Crippen LogP contribution is 2.23. The lowest BCUT2D eigenvalue weighted by molar-refractivity contribution is -0.246. The van der Waals surface area contributed by atoms with Gasteiger partial charge < -0.3 is 14.8 Å². The monoisotopic (exact) mass is 322 g/mol. The molecule has 2 aromatic rings. The van der Waals surface area contributed by atoms with Gasteiger partial charge >= 0.3 is 0 Å². The van der Waals surface area contributed by atoms with Crippen LogP contribution in [0.15, 0.2) is 53.0 Å². The Hall–Kier alpha value is -1.88. The van der Waals surface area contributed by atoms with Gasteiger partial charge in [-0.1, -0.05) is 30.3 Å². The van der Waals surface area contributed by atoms with Crippen molar-refractivity contribution in [1.82, 2.24) is 0 Å². The van der Waals surface area contributed by atoms with Crippen molar-refractivity contribution in [2.24, 2.45) is 0 Å². The number of halogens is 2. The van der Waals surface area contributed by atoms with Crippen molar-refractivity contribution >= 4 is 27.7 Å². The van der Waals surface area contributed by atoms with Gasteiger partial charge in [-0.15, -0.1) is 0 Å². The van der Waals surface area contributed by atoms with Gasteiger partial charge in [0.05, 0.1) is 4.47 Å². The molecule has 2 aromatic carbocycles. The Morgan fingerprint density at radius 2 is 1.89 bits per heavy atom. The molecule has 0 aliphatic rings. The Morgan fingerprint density at radius 3 is 2.47 bits per heavy atom. The molecule has 0 fully saturated rings. The van der Waals surface area contributed by atoms with Gasteiger partial charge in [-0.05, 0) is 39.7 Å². The molecule has 19 heavy (non-hydrogen) atoms. The van der Waals surface area contributed by atoms with Gasteiger partial charge in [0.25, 0.3) is 0 Å². The van der Waals surface area contributed by atoms with E-state index < -0.39 is 11.9 Å². The van der Waals surface area contributed by atoms with Crippen LogP contribution in [0.1, 0.15) is 5.56 Å². The maximum Gasteiger partial charge on any atom is 0.141 e. The summed E-state index contributed by atoms with van der Waals surface area (Å²) in [5.74, 6) is -0.517. The van der Waals surface area contributed by atoms with Gasteiger partial charge in [-0.25, -0.2) is 4.39 Å². The number of benzene rings is 2. The molecule has 0 saturated carbocycles. The van der Waals surface area contributed by atoms with E-state index in [1.165, 1.54) is 12.1 Å². The van der Waals surface area contributed by atoms with E-state index in [1.807, 2.05) is 18.2 Å². The normalized spacial score (nSPS) is 10.2. The summed E-state index contributed by atoms with van der Waals surface area (Å²) < 4.78 is 13.7. The van der Waals surface area contributed by atoms with Gasteiger partial charge in [-0.2, -0.15) is 0 Å². The number of carboxylic acid groups (broad SMARTS) is 1. The molecule has 0 aliphatic carbocycles. The lowest BCUT2D eigenvalue weighted by atomic mass is 10.2. The second-order valence-corrected chi connectivity index (χ2v) is 4.79. The average molecular weight is 323 g/mol. The highest BCUT2D eigenvalue weighted by Gasteiger charge is 2.10. The number of carbonyl (C=O) groups excluding carboxylic acids is 1. The van der Waals surface area contributed by atoms with Crippen molar-refractivity contribution in [2.45, 2.75) is 6.54 Å². The van der Waals surface area contributed by atoms with E-state index in [0.29, 0.717) is 0 Å². The van der Waals surface area contributed by atoms with Crippen LogP contribution in [0.2, 0.25) is 0 Å². The van der Waals surface area contributed by atoms with E-state index in [4.69, 9.17) is 0 Å². The summed E-state index contributed by atoms with van der Waals surface area (Å²) in [6.45, 7) is 0.115. The summed E-state index contributed by atoms with van der Waals surface area (Å²) in [6, 6.07) is 13.2. The molecule has 0 heterocycles. The topological polar surface area (TPSA) is 43.4 Å². The number of hydrogen-bond acceptors (Lipinski definition) is 2. The van der Waals surface area contributed by atoms with Crippen LogP contribution in [0.5, 0.6) is 0 Å². The standard InChI is InChI=1S/C14H11BrFNO2/c15-12-7-6-11(8-13(12)16)17(14(18)19)9-10-4-2-1-3-5-10/h1-8H,9H2,(H,18,19)/p-1. The van der Waals surface area contributed by atoms with Crippen LogP contribution < -0.4 is 10.0 Å². The second kappa shape index (κ2) is 5.84. The van der Waals surface area contributed by atoms with Crippen molar-refractivity contribution < 1.29 is 14.3 Å². The molecule has 5 heteroatoms. The maximum atomic E-state index is 13.5. The van der Waals surface area contributed by atoms with E-state index in [1.54, 1.807) is 12.1 Å². The molecule has 0 bridgehead atoms. The molecule has 0 radical (unpaired) electrons. The van der Waals surface area contributed by atoms with Crippen LogP contribution in [0.3, 0.4) is 0 Å². The maximum absolute atomic E-state index is 13.5. The Labute approximate surface area is 118 Å². The number of hydrogen-bond donors (Lipinski definition) is 0. The van der Waals surface area contributed by atoms with Gasteiger partial charge in [-0.3, -0.25) is 0 Å². The van der Waals surface area contributed by atoms with Gasteiger partial charge in [0.2, 0.25) is 0 Å². The zero-order valence-electron chi connectivity index (χ0n) is 9.85. The Morgan fingerprint density at radius 1 is 1.21 bits per heavy atom. The SMILES string of the molecule is O=C([O-])N(Cc1ccccc1)c1ccc(Br)c(F)c1. The molecule has 0 aromatic heterocycles. The fourth-order valence-corrected chi connectivity index (χ4v) is 1.93. The Bertz CT molecular complexity index is 589. The molecule has 0 spiro atoms. The predicted octanol–water partition coefficient (Wildman–Crippen LogP) is 2.94. The van der Waals surface area contributed by atoms with Crippen LogP contribution in [0.25, 0.3) is 0 Å². The molecule has 0 atom stereocenters. The zero-order valence-corrected chi connectivity index (χ0v) is 11.4. The molecule has 3 nitrogen and oxygen atoms in total. The van der Waals surface area contributed by atoms with Crippen molar-refractivity contribution in [3.05, 3.63) is 64.4 Å². The third-order valence-electron chi connectivity index (χ3n) is 2.62. The Kier molecular flexibility index (Phi) is 4.16. The second-order valence-electron chi connectivity index (χ2n) is 3.94. The minimum atomic E-state index is -1.37. The summed E-state index contributed by atoms with van der Waals surface area (Å²) in [7, 11) is 0. The molecule has 1 amide bonds. The van der Waals surface area contributed by atoms with Crippen LogP contribution in [-0.2, 0) is 6.54 Å². The summed E-state index contributed by atoms with van der Waals surface area (Å²) in [5, 5.41) is 11.2. The lowest BCUT2D eigenvalue weighted by Crippen LogP contribution is -2.40. The number of anilines is 1. The summed E-state index contributed by atoms with van der Waals surface area (Å²) in [5.41, 5.74) is 1.04. The van der Waals surface area contributed by atoms with Crippen molar-refractivity contribution in [2.75, 3.05) is 4.90 Å². The zero-order chi connectivity index (χ0) is 13.8. The summed E-state index contributed by atoms with van der Waals surface area (Å²) in [4.78, 5) is 12.2. The average Bonchev–Trinajstić information content (AvgIpc) is 2.40. The highest BCUT2D eigenvalue weighted by molar-refractivity contribution is 9.10. The molecule has 0 N–H and O–H groups in total. The first kappa shape index (κ1) is 13.5. The first-order chi connectivity index (χ1) is 9.08. The molecule has 98 valence electrons. The first-order valence-electron chi connectivity index (χ1n) is 5.55. The molecule has 0 saturated heterocycles. The number of nitrogens with zero attached hydrogens (tertiary/aromatic N) is 1. The lowest BCUT2D eigenvalue weighted by Gasteiger charge is -2.25. The fourth-order valence-electron chi connectivity index (χ4n) is 1.68. The van der Waals surface area contributed by atoms with E-state index in [0.717, 1.165) is 16.5 Å². The van der Waals surface area contributed by atoms with Crippen LogP contribution in [0.4, 0.5) is 14.9 Å². The first-order valence-corrected chi connectivity index (χ1v) is 6.34. The largest absolute Gasteiger partial charge is 0.530 e. The van der Waals surface area contributed by atoms with E-state index in [2.05, 4.69) is 15.9 Å². The molecule has 0 unspecified atom stereocenters. The third-order valence-corrected chi connectivity index (χ3v) is 3.26. The molecular weight excluding hydrogens is 313 g/mol. The van der Waals surface area contributed by atoms with Gasteiger partial charge in [0.1, 0.15) is 11.9 Å². The number of carbonyl (C=O) groups is 1. The van der Waals surface area contributed by atoms with Crippen LogP contribution in [0, 0.1) is 5.82 Å². The molecule has 0 aliphatic heterocycles.